The molecule has 0 heterocycles. The zero-order valence-electron chi connectivity index (χ0n) is 10.5. The number of hydrogen-bond acceptors (Lipinski definition) is 2. The van der Waals surface area contributed by atoms with Crippen LogP contribution in [0, 0.1) is 5.82 Å². The van der Waals surface area contributed by atoms with Gasteiger partial charge in [0.05, 0.1) is 12.5 Å². The fourth-order valence-corrected chi connectivity index (χ4v) is 1.94. The van der Waals surface area contributed by atoms with Crippen molar-refractivity contribution in [3.8, 4) is 17.2 Å². The lowest BCUT2D eigenvalue weighted by molar-refractivity contribution is 0.338. The Morgan fingerprint density at radius 2 is 1.84 bits per heavy atom. The van der Waals surface area contributed by atoms with Crippen molar-refractivity contribution in [2.45, 2.75) is 12.8 Å². The van der Waals surface area contributed by atoms with Gasteiger partial charge in [0.25, 0.3) is 0 Å². The van der Waals surface area contributed by atoms with E-state index in [4.69, 9.17) is 21.1 Å². The molecule has 100 valence electrons. The first-order valence-electron chi connectivity index (χ1n) is 5.98. The van der Waals surface area contributed by atoms with Crippen molar-refractivity contribution in [2.24, 2.45) is 0 Å². The average molecular weight is 281 g/mol. The quantitative estimate of drug-likeness (QED) is 0.736. The van der Waals surface area contributed by atoms with Crippen LogP contribution in [0.5, 0.6) is 17.2 Å². The van der Waals surface area contributed by atoms with Crippen LogP contribution in [0.2, 0.25) is 0 Å². The van der Waals surface area contributed by atoms with E-state index in [1.54, 1.807) is 24.3 Å². The van der Waals surface area contributed by atoms with Crippen molar-refractivity contribution >= 4 is 11.6 Å². The lowest BCUT2D eigenvalue weighted by Crippen LogP contribution is -1.94. The number of rotatable bonds is 5. The Bertz CT molecular complexity index is 558. The van der Waals surface area contributed by atoms with E-state index in [2.05, 4.69) is 0 Å². The SMILES string of the molecule is CCOc1cccc(Oc2cccc(F)c2CCl)c1. The van der Waals surface area contributed by atoms with Gasteiger partial charge in [-0.05, 0) is 31.2 Å². The van der Waals surface area contributed by atoms with E-state index in [1.807, 2.05) is 19.1 Å². The lowest BCUT2D eigenvalue weighted by atomic mass is 10.2. The smallest absolute Gasteiger partial charge is 0.134 e. The van der Waals surface area contributed by atoms with Crippen molar-refractivity contribution in [2.75, 3.05) is 6.61 Å². The molecule has 0 bridgehead atoms. The Labute approximate surface area is 116 Å². The maximum absolute atomic E-state index is 13.6. The van der Waals surface area contributed by atoms with Crippen LogP contribution < -0.4 is 9.47 Å². The lowest BCUT2D eigenvalue weighted by Gasteiger charge is -2.11. The van der Waals surface area contributed by atoms with E-state index >= 15 is 0 Å². The molecule has 2 aromatic rings. The van der Waals surface area contributed by atoms with Crippen molar-refractivity contribution in [3.05, 3.63) is 53.8 Å². The highest BCUT2D eigenvalue weighted by molar-refractivity contribution is 6.17. The maximum Gasteiger partial charge on any atom is 0.134 e. The molecule has 0 atom stereocenters. The Balaban J connectivity index is 2.26. The summed E-state index contributed by atoms with van der Waals surface area (Å²) in [5.41, 5.74) is 0.353. The van der Waals surface area contributed by atoms with Gasteiger partial charge in [-0.1, -0.05) is 12.1 Å². The van der Waals surface area contributed by atoms with Crippen molar-refractivity contribution in [1.29, 1.82) is 0 Å². The molecule has 0 aliphatic heterocycles. The summed E-state index contributed by atoms with van der Waals surface area (Å²) < 4.78 is 24.6. The molecule has 0 radical (unpaired) electrons. The first-order chi connectivity index (χ1) is 9.24. The molecule has 19 heavy (non-hydrogen) atoms. The van der Waals surface area contributed by atoms with Crippen LogP contribution in [0.25, 0.3) is 0 Å². The molecule has 0 aliphatic carbocycles. The van der Waals surface area contributed by atoms with E-state index in [1.165, 1.54) is 6.07 Å². The molecule has 0 N–H and O–H groups in total. The van der Waals surface area contributed by atoms with Crippen LogP contribution in [-0.2, 0) is 5.88 Å². The average Bonchev–Trinajstić information content (AvgIpc) is 2.40. The standard InChI is InChI=1S/C15H14ClFO2/c1-2-18-11-5-3-6-12(9-11)19-15-8-4-7-14(17)13(15)10-16/h3-9H,2,10H2,1H3. The molecule has 2 aromatic carbocycles. The molecular weight excluding hydrogens is 267 g/mol. The third-order valence-corrected chi connectivity index (χ3v) is 2.82. The first-order valence-corrected chi connectivity index (χ1v) is 6.52. The minimum atomic E-state index is -0.367. The zero-order valence-corrected chi connectivity index (χ0v) is 11.3. The summed E-state index contributed by atoms with van der Waals surface area (Å²) in [5, 5.41) is 0. The van der Waals surface area contributed by atoms with Crippen molar-refractivity contribution in [3.63, 3.8) is 0 Å². The summed E-state index contributed by atoms with van der Waals surface area (Å²) in [7, 11) is 0. The molecule has 0 saturated heterocycles. The predicted octanol–water partition coefficient (Wildman–Crippen LogP) is 4.76. The van der Waals surface area contributed by atoms with Gasteiger partial charge in [0.2, 0.25) is 0 Å². The first kappa shape index (κ1) is 13.7. The fourth-order valence-electron chi connectivity index (χ4n) is 1.69. The molecule has 0 saturated carbocycles. The minimum Gasteiger partial charge on any atom is -0.494 e. The molecule has 0 spiro atoms. The number of hydrogen-bond donors (Lipinski definition) is 0. The topological polar surface area (TPSA) is 18.5 Å². The van der Waals surface area contributed by atoms with E-state index in [0.29, 0.717) is 29.4 Å². The van der Waals surface area contributed by atoms with Gasteiger partial charge in [-0.25, -0.2) is 4.39 Å². The molecule has 2 rings (SSSR count). The normalized spacial score (nSPS) is 10.3. The molecule has 0 aromatic heterocycles. The predicted molar refractivity (Wildman–Crippen MR) is 73.6 cm³/mol. The Kier molecular flexibility index (Phi) is 4.63. The number of halogens is 2. The summed E-state index contributed by atoms with van der Waals surface area (Å²) in [5.74, 6) is 1.41. The zero-order chi connectivity index (χ0) is 13.7. The van der Waals surface area contributed by atoms with Gasteiger partial charge in [-0.3, -0.25) is 0 Å². The summed E-state index contributed by atoms with van der Waals surface area (Å²) in [6.45, 7) is 2.49. The van der Waals surface area contributed by atoms with Crippen LogP contribution in [0.1, 0.15) is 12.5 Å². The molecule has 4 heteroatoms. The summed E-state index contributed by atoms with van der Waals surface area (Å²) in [6, 6.07) is 11.8. The number of benzene rings is 2. The van der Waals surface area contributed by atoms with E-state index in [0.717, 1.165) is 0 Å². The Morgan fingerprint density at radius 3 is 2.58 bits per heavy atom. The minimum absolute atomic E-state index is 0.0627. The van der Waals surface area contributed by atoms with Crippen LogP contribution in [0.3, 0.4) is 0 Å². The summed E-state index contributed by atoms with van der Waals surface area (Å²) >= 11 is 5.74. The summed E-state index contributed by atoms with van der Waals surface area (Å²) in [6.07, 6.45) is 0. The van der Waals surface area contributed by atoms with Gasteiger partial charge in [-0.15, -0.1) is 11.6 Å². The third kappa shape index (κ3) is 3.38. The van der Waals surface area contributed by atoms with Gasteiger partial charge >= 0.3 is 0 Å². The Morgan fingerprint density at radius 1 is 1.11 bits per heavy atom. The van der Waals surface area contributed by atoms with Gasteiger partial charge in [0.15, 0.2) is 0 Å². The maximum atomic E-state index is 13.6. The van der Waals surface area contributed by atoms with Gasteiger partial charge in [0, 0.05) is 11.6 Å². The largest absolute Gasteiger partial charge is 0.494 e. The number of alkyl halides is 1. The van der Waals surface area contributed by atoms with E-state index in [9.17, 15) is 4.39 Å². The third-order valence-electron chi connectivity index (χ3n) is 2.55. The van der Waals surface area contributed by atoms with Gasteiger partial charge in [-0.2, -0.15) is 0 Å². The molecule has 0 unspecified atom stereocenters. The second-order valence-corrected chi connectivity index (χ2v) is 4.13. The number of ether oxygens (including phenoxy) is 2. The van der Waals surface area contributed by atoms with Crippen LogP contribution in [-0.4, -0.2) is 6.61 Å². The van der Waals surface area contributed by atoms with Gasteiger partial charge in [0.1, 0.15) is 23.1 Å². The van der Waals surface area contributed by atoms with Crippen LogP contribution >= 0.6 is 11.6 Å². The Hall–Kier alpha value is -1.74. The highest BCUT2D eigenvalue weighted by Gasteiger charge is 2.09. The van der Waals surface area contributed by atoms with Crippen molar-refractivity contribution in [1.82, 2.24) is 0 Å². The monoisotopic (exact) mass is 280 g/mol. The van der Waals surface area contributed by atoms with Crippen LogP contribution in [0.4, 0.5) is 4.39 Å². The molecule has 0 aliphatic rings. The molecular formula is C15H14ClFO2. The molecule has 0 amide bonds. The second kappa shape index (κ2) is 6.43. The second-order valence-electron chi connectivity index (χ2n) is 3.86. The van der Waals surface area contributed by atoms with E-state index in [-0.39, 0.29) is 11.7 Å². The fraction of sp³-hybridized carbons (Fsp3) is 0.200. The summed E-state index contributed by atoms with van der Waals surface area (Å²) in [4.78, 5) is 0. The van der Waals surface area contributed by atoms with Gasteiger partial charge < -0.3 is 9.47 Å². The van der Waals surface area contributed by atoms with Crippen molar-refractivity contribution < 1.29 is 13.9 Å². The highest BCUT2D eigenvalue weighted by Crippen LogP contribution is 2.30. The van der Waals surface area contributed by atoms with Crippen LogP contribution in [0.15, 0.2) is 42.5 Å². The van der Waals surface area contributed by atoms with E-state index < -0.39 is 0 Å². The molecule has 0 fully saturated rings. The highest BCUT2D eigenvalue weighted by atomic mass is 35.5. The molecule has 2 nitrogen and oxygen atoms in total.